The van der Waals surface area contributed by atoms with Gasteiger partial charge in [-0.2, -0.15) is 0 Å². The first-order valence-electron chi connectivity index (χ1n) is 4.89. The summed E-state index contributed by atoms with van der Waals surface area (Å²) in [5.41, 5.74) is -0.287. The lowest BCUT2D eigenvalue weighted by Gasteiger charge is -2.08. The van der Waals surface area contributed by atoms with Gasteiger partial charge in [0.05, 0.1) is 4.92 Å². The van der Waals surface area contributed by atoms with E-state index in [1.165, 1.54) is 25.2 Å². The molecule has 1 aromatic carbocycles. The summed E-state index contributed by atoms with van der Waals surface area (Å²) >= 11 is 0. The van der Waals surface area contributed by atoms with E-state index < -0.39 is 20.6 Å². The van der Waals surface area contributed by atoms with Crippen LogP contribution in [0.25, 0.3) is 0 Å². The number of rotatable bonds is 5. The van der Waals surface area contributed by atoms with E-state index in [0.717, 1.165) is 0 Å². The number of anilines is 1. The minimum atomic E-state index is -3.85. The Balaban J connectivity index is 3.49. The molecule has 0 aliphatic rings. The van der Waals surface area contributed by atoms with Gasteiger partial charge < -0.3 is 5.32 Å². The van der Waals surface area contributed by atoms with Gasteiger partial charge in [0.15, 0.2) is 4.90 Å². The van der Waals surface area contributed by atoms with Crippen LogP contribution in [0.3, 0.4) is 0 Å². The van der Waals surface area contributed by atoms with Crippen molar-refractivity contribution in [3.05, 3.63) is 28.3 Å². The van der Waals surface area contributed by atoms with E-state index in [4.69, 9.17) is 0 Å². The first kappa shape index (κ1) is 13.4. The lowest BCUT2D eigenvalue weighted by molar-refractivity contribution is -0.386. The van der Waals surface area contributed by atoms with Crippen LogP contribution in [-0.4, -0.2) is 26.9 Å². The van der Waals surface area contributed by atoms with E-state index >= 15 is 0 Å². The van der Waals surface area contributed by atoms with E-state index in [2.05, 4.69) is 10.0 Å². The maximum atomic E-state index is 11.8. The summed E-state index contributed by atoms with van der Waals surface area (Å²) in [6.07, 6.45) is 0. The van der Waals surface area contributed by atoms with E-state index in [0.29, 0.717) is 0 Å². The second kappa shape index (κ2) is 5.11. The molecule has 0 radical (unpaired) electrons. The highest BCUT2D eigenvalue weighted by molar-refractivity contribution is 7.89. The molecule has 0 saturated heterocycles. The first-order valence-corrected chi connectivity index (χ1v) is 6.37. The fourth-order valence-corrected chi connectivity index (χ4v) is 2.63. The Hall–Kier alpha value is -1.67. The number of benzene rings is 1. The topological polar surface area (TPSA) is 101 Å². The molecule has 8 heteroatoms. The minimum Gasteiger partial charge on any atom is -0.383 e. The molecule has 0 saturated carbocycles. The van der Waals surface area contributed by atoms with E-state index in [1.807, 2.05) is 0 Å². The number of para-hydroxylation sites is 1. The molecule has 0 heterocycles. The highest BCUT2D eigenvalue weighted by atomic mass is 32.2. The summed E-state index contributed by atoms with van der Waals surface area (Å²) < 4.78 is 25.8. The predicted octanol–water partition coefficient (Wildman–Crippen LogP) is 0.935. The van der Waals surface area contributed by atoms with Crippen molar-refractivity contribution in [1.82, 2.24) is 4.72 Å². The third kappa shape index (κ3) is 2.71. The van der Waals surface area contributed by atoms with Gasteiger partial charge in [-0.25, -0.2) is 13.1 Å². The van der Waals surface area contributed by atoms with Gasteiger partial charge in [-0.3, -0.25) is 10.1 Å². The van der Waals surface area contributed by atoms with Gasteiger partial charge in [0.25, 0.3) is 0 Å². The fraction of sp³-hybridized carbons (Fsp3) is 0.333. The molecule has 0 aromatic heterocycles. The molecule has 0 aliphatic heterocycles. The second-order valence-electron chi connectivity index (χ2n) is 3.16. The summed E-state index contributed by atoms with van der Waals surface area (Å²) in [4.78, 5) is 9.88. The van der Waals surface area contributed by atoms with Gasteiger partial charge >= 0.3 is 5.69 Å². The van der Waals surface area contributed by atoms with Crippen molar-refractivity contribution in [2.45, 2.75) is 11.8 Å². The zero-order chi connectivity index (χ0) is 13.1. The molecule has 7 nitrogen and oxygen atoms in total. The number of nitro groups is 1. The minimum absolute atomic E-state index is 0.161. The summed E-state index contributed by atoms with van der Waals surface area (Å²) in [5, 5.41) is 13.5. The molecule has 0 atom stereocenters. The molecule has 0 amide bonds. The first-order chi connectivity index (χ1) is 7.94. The quantitative estimate of drug-likeness (QED) is 0.605. The average molecular weight is 259 g/mol. The van der Waals surface area contributed by atoms with Crippen molar-refractivity contribution in [3.8, 4) is 0 Å². The number of nitrogens with one attached hydrogen (secondary N) is 2. The van der Waals surface area contributed by atoms with Crippen LogP contribution in [0.2, 0.25) is 0 Å². The highest BCUT2D eigenvalue weighted by Gasteiger charge is 2.27. The van der Waals surface area contributed by atoms with Crippen molar-refractivity contribution in [3.63, 3.8) is 0 Å². The normalized spacial score (nSPS) is 11.2. The number of nitro benzene ring substituents is 1. The zero-order valence-electron chi connectivity index (χ0n) is 9.43. The maximum absolute atomic E-state index is 11.8. The van der Waals surface area contributed by atoms with E-state index in [-0.39, 0.29) is 17.1 Å². The zero-order valence-corrected chi connectivity index (χ0v) is 10.2. The third-order valence-corrected chi connectivity index (χ3v) is 3.65. The Bertz CT molecular complexity index is 527. The Labute approximate surface area is 99.0 Å². The van der Waals surface area contributed by atoms with Crippen molar-refractivity contribution in [2.75, 3.05) is 18.9 Å². The largest absolute Gasteiger partial charge is 0.383 e. The van der Waals surface area contributed by atoms with Crippen LogP contribution in [0.15, 0.2) is 23.1 Å². The predicted molar refractivity (Wildman–Crippen MR) is 63.5 cm³/mol. The van der Waals surface area contributed by atoms with Crippen molar-refractivity contribution >= 4 is 21.4 Å². The summed E-state index contributed by atoms with van der Waals surface area (Å²) in [6.45, 7) is 1.77. The van der Waals surface area contributed by atoms with Crippen LogP contribution >= 0.6 is 0 Å². The molecule has 1 rings (SSSR count). The number of sulfonamides is 1. The van der Waals surface area contributed by atoms with Crippen LogP contribution < -0.4 is 10.0 Å². The monoisotopic (exact) mass is 259 g/mol. The summed E-state index contributed by atoms with van der Waals surface area (Å²) in [6, 6.07) is 4.10. The number of nitrogens with zero attached hydrogens (tertiary/aromatic N) is 1. The SMILES string of the molecule is CCNS(=O)(=O)c1cccc(NC)c1[N+](=O)[O-]. The number of hydrogen-bond acceptors (Lipinski definition) is 5. The van der Waals surface area contributed by atoms with Gasteiger partial charge in [0, 0.05) is 13.6 Å². The molecule has 1 aromatic rings. The molecule has 0 fully saturated rings. The molecule has 0 unspecified atom stereocenters. The summed E-state index contributed by atoms with van der Waals surface area (Å²) in [7, 11) is -2.36. The lowest BCUT2D eigenvalue weighted by atomic mass is 10.3. The molecule has 0 bridgehead atoms. The van der Waals surface area contributed by atoms with Crippen LogP contribution in [0.5, 0.6) is 0 Å². The van der Waals surface area contributed by atoms with E-state index in [9.17, 15) is 18.5 Å². The second-order valence-corrected chi connectivity index (χ2v) is 4.90. The Morgan fingerprint density at radius 2 is 2.06 bits per heavy atom. The van der Waals surface area contributed by atoms with Crippen molar-refractivity contribution in [2.24, 2.45) is 0 Å². The Kier molecular flexibility index (Phi) is 4.02. The van der Waals surface area contributed by atoms with Gasteiger partial charge in [0.1, 0.15) is 5.69 Å². The van der Waals surface area contributed by atoms with Crippen LogP contribution in [-0.2, 0) is 10.0 Å². The van der Waals surface area contributed by atoms with Gasteiger partial charge in [0.2, 0.25) is 10.0 Å². The Morgan fingerprint density at radius 1 is 1.41 bits per heavy atom. The molecule has 17 heavy (non-hydrogen) atoms. The van der Waals surface area contributed by atoms with Crippen molar-refractivity contribution in [1.29, 1.82) is 0 Å². The van der Waals surface area contributed by atoms with Gasteiger partial charge in [-0.1, -0.05) is 13.0 Å². The fourth-order valence-electron chi connectivity index (χ4n) is 1.40. The molecule has 0 spiro atoms. The van der Waals surface area contributed by atoms with Crippen LogP contribution in [0, 0.1) is 10.1 Å². The standard InChI is InChI=1S/C9H13N3O4S/c1-3-11-17(15,16)8-6-4-5-7(10-2)9(8)12(13)14/h4-6,10-11H,3H2,1-2H3. The molecular weight excluding hydrogens is 246 g/mol. The molecule has 94 valence electrons. The van der Waals surface area contributed by atoms with Crippen LogP contribution in [0.4, 0.5) is 11.4 Å². The Morgan fingerprint density at radius 3 is 2.53 bits per heavy atom. The van der Waals surface area contributed by atoms with E-state index in [1.54, 1.807) is 6.92 Å². The van der Waals surface area contributed by atoms with Gasteiger partial charge in [-0.05, 0) is 12.1 Å². The maximum Gasteiger partial charge on any atom is 0.312 e. The smallest absolute Gasteiger partial charge is 0.312 e. The lowest BCUT2D eigenvalue weighted by Crippen LogP contribution is -2.24. The van der Waals surface area contributed by atoms with Gasteiger partial charge in [-0.15, -0.1) is 0 Å². The number of hydrogen-bond donors (Lipinski definition) is 2. The third-order valence-electron chi connectivity index (χ3n) is 2.07. The highest BCUT2D eigenvalue weighted by Crippen LogP contribution is 2.31. The average Bonchev–Trinajstić information content (AvgIpc) is 2.27. The van der Waals surface area contributed by atoms with Crippen molar-refractivity contribution < 1.29 is 13.3 Å². The van der Waals surface area contributed by atoms with Crippen LogP contribution in [0.1, 0.15) is 6.92 Å². The molecule has 0 aliphatic carbocycles. The molecular formula is C9H13N3O4S. The molecule has 2 N–H and O–H groups in total. The summed E-state index contributed by atoms with van der Waals surface area (Å²) in [5.74, 6) is 0.